The minimum Gasteiger partial charge on any atom is -0.497 e. The number of ether oxygens (including phenoxy) is 3. The summed E-state index contributed by atoms with van der Waals surface area (Å²) in [4.78, 5) is 2.48. The van der Waals surface area contributed by atoms with Crippen LogP contribution in [0, 0.1) is 0 Å². The van der Waals surface area contributed by atoms with E-state index in [9.17, 15) is 0 Å². The molecule has 1 fully saturated rings. The van der Waals surface area contributed by atoms with Crippen LogP contribution in [0.5, 0.6) is 23.0 Å². The molecule has 1 heterocycles. The van der Waals surface area contributed by atoms with Crippen LogP contribution in [0.4, 0.5) is 0 Å². The molecule has 30 heavy (non-hydrogen) atoms. The molecule has 1 unspecified atom stereocenters. The van der Waals surface area contributed by atoms with Gasteiger partial charge in [-0.25, -0.2) is 0 Å². The highest BCUT2D eigenvalue weighted by atomic mass is 16.5. The molecule has 5 nitrogen and oxygen atoms in total. The maximum atomic E-state index is 6.11. The van der Waals surface area contributed by atoms with E-state index in [1.54, 1.807) is 14.2 Å². The van der Waals surface area contributed by atoms with Crippen LogP contribution in [-0.2, 0) is 0 Å². The first-order valence-corrected chi connectivity index (χ1v) is 10.3. The number of hydrogen-bond donors (Lipinski definition) is 1. The normalized spacial score (nSPS) is 15.4. The van der Waals surface area contributed by atoms with Gasteiger partial charge in [-0.15, -0.1) is 0 Å². The van der Waals surface area contributed by atoms with Crippen LogP contribution in [0.25, 0.3) is 0 Å². The number of benzene rings is 3. The predicted molar refractivity (Wildman–Crippen MR) is 119 cm³/mol. The summed E-state index contributed by atoms with van der Waals surface area (Å²) in [6.07, 6.45) is 0. The number of methoxy groups -OCH3 is 2. The quantitative estimate of drug-likeness (QED) is 0.628. The molecular weight excluding hydrogens is 376 g/mol. The Morgan fingerprint density at radius 3 is 2.27 bits per heavy atom. The highest BCUT2D eigenvalue weighted by Crippen LogP contribution is 2.38. The lowest BCUT2D eigenvalue weighted by Gasteiger charge is -2.36. The van der Waals surface area contributed by atoms with Crippen molar-refractivity contribution in [3.05, 3.63) is 83.9 Å². The molecule has 0 spiro atoms. The van der Waals surface area contributed by atoms with Gasteiger partial charge in [0.15, 0.2) is 0 Å². The van der Waals surface area contributed by atoms with Crippen LogP contribution in [-0.4, -0.2) is 45.3 Å². The Balaban J connectivity index is 1.75. The van der Waals surface area contributed by atoms with E-state index in [4.69, 9.17) is 14.2 Å². The average molecular weight is 405 g/mol. The first-order chi connectivity index (χ1) is 14.8. The summed E-state index contributed by atoms with van der Waals surface area (Å²) in [5.74, 6) is 3.32. The molecule has 1 atom stereocenters. The second-order valence-corrected chi connectivity index (χ2v) is 7.28. The number of nitrogens with one attached hydrogen (secondary N) is 1. The van der Waals surface area contributed by atoms with E-state index in [1.807, 2.05) is 48.5 Å². The molecule has 1 saturated heterocycles. The third-order valence-corrected chi connectivity index (χ3v) is 5.40. The number of piperazine rings is 1. The average Bonchev–Trinajstić information content (AvgIpc) is 2.81. The van der Waals surface area contributed by atoms with Crippen molar-refractivity contribution in [2.45, 2.75) is 6.04 Å². The van der Waals surface area contributed by atoms with Crippen molar-refractivity contribution in [3.8, 4) is 23.0 Å². The standard InChI is InChI=1S/C25H28N2O3/c1-28-21-11-12-24(29-2)23(18-21)25(27-15-13-26-14-16-27)19-7-6-10-22(17-19)30-20-8-4-3-5-9-20/h3-12,17-18,25-26H,13-16H2,1-2H3. The van der Waals surface area contributed by atoms with Crippen molar-refractivity contribution in [1.82, 2.24) is 10.2 Å². The first kappa shape index (κ1) is 20.3. The molecule has 4 rings (SSSR count). The summed E-state index contributed by atoms with van der Waals surface area (Å²) >= 11 is 0. The lowest BCUT2D eigenvalue weighted by Crippen LogP contribution is -2.45. The third-order valence-electron chi connectivity index (χ3n) is 5.40. The van der Waals surface area contributed by atoms with Gasteiger partial charge in [-0.2, -0.15) is 0 Å². The highest BCUT2D eigenvalue weighted by Gasteiger charge is 2.27. The molecule has 0 aliphatic carbocycles. The van der Waals surface area contributed by atoms with E-state index in [-0.39, 0.29) is 6.04 Å². The lowest BCUT2D eigenvalue weighted by molar-refractivity contribution is 0.195. The van der Waals surface area contributed by atoms with Crippen molar-refractivity contribution in [1.29, 1.82) is 0 Å². The fraction of sp³-hybridized carbons (Fsp3) is 0.280. The highest BCUT2D eigenvalue weighted by molar-refractivity contribution is 5.47. The molecule has 156 valence electrons. The minimum absolute atomic E-state index is 0.0384. The Kier molecular flexibility index (Phi) is 6.52. The van der Waals surface area contributed by atoms with Crippen LogP contribution in [0.15, 0.2) is 72.8 Å². The summed E-state index contributed by atoms with van der Waals surface area (Å²) in [6, 6.07) is 24.2. The molecule has 5 heteroatoms. The van der Waals surface area contributed by atoms with Crippen LogP contribution >= 0.6 is 0 Å². The summed E-state index contributed by atoms with van der Waals surface area (Å²) in [5, 5.41) is 3.45. The summed E-state index contributed by atoms with van der Waals surface area (Å²) in [5.41, 5.74) is 2.26. The number of para-hydroxylation sites is 1. The number of nitrogens with zero attached hydrogens (tertiary/aromatic N) is 1. The molecule has 3 aromatic rings. The zero-order valence-corrected chi connectivity index (χ0v) is 17.5. The molecule has 0 aromatic heterocycles. The smallest absolute Gasteiger partial charge is 0.127 e. The van der Waals surface area contributed by atoms with Crippen molar-refractivity contribution in [3.63, 3.8) is 0 Å². The maximum Gasteiger partial charge on any atom is 0.127 e. The maximum absolute atomic E-state index is 6.11. The lowest BCUT2D eigenvalue weighted by atomic mass is 9.95. The van der Waals surface area contributed by atoms with E-state index >= 15 is 0 Å². The predicted octanol–water partition coefficient (Wildman–Crippen LogP) is 4.49. The van der Waals surface area contributed by atoms with Crippen LogP contribution in [0.3, 0.4) is 0 Å². The van der Waals surface area contributed by atoms with E-state index in [2.05, 4.69) is 34.5 Å². The molecule has 0 bridgehead atoms. The van der Waals surface area contributed by atoms with Gasteiger partial charge in [0.1, 0.15) is 23.0 Å². The second kappa shape index (κ2) is 9.65. The van der Waals surface area contributed by atoms with E-state index in [1.165, 1.54) is 0 Å². The molecular formula is C25H28N2O3. The largest absolute Gasteiger partial charge is 0.497 e. The van der Waals surface area contributed by atoms with Gasteiger partial charge in [-0.05, 0) is 48.0 Å². The summed E-state index contributed by atoms with van der Waals surface area (Å²) in [6.45, 7) is 3.83. The van der Waals surface area contributed by atoms with Crippen LogP contribution < -0.4 is 19.5 Å². The van der Waals surface area contributed by atoms with Gasteiger partial charge in [0, 0.05) is 31.7 Å². The summed E-state index contributed by atoms with van der Waals surface area (Å²) < 4.78 is 17.4. The first-order valence-electron chi connectivity index (χ1n) is 10.3. The Morgan fingerprint density at radius 1 is 0.767 bits per heavy atom. The van der Waals surface area contributed by atoms with Crippen molar-refractivity contribution in [2.75, 3.05) is 40.4 Å². The number of hydrogen-bond acceptors (Lipinski definition) is 5. The zero-order chi connectivity index (χ0) is 20.8. The Hall–Kier alpha value is -3.02. The molecule has 1 aliphatic heterocycles. The van der Waals surface area contributed by atoms with Crippen LogP contribution in [0.2, 0.25) is 0 Å². The molecule has 1 aliphatic rings. The molecule has 3 aromatic carbocycles. The fourth-order valence-corrected chi connectivity index (χ4v) is 3.95. The van der Waals surface area contributed by atoms with E-state index < -0.39 is 0 Å². The Labute approximate surface area is 178 Å². The van der Waals surface area contributed by atoms with Gasteiger partial charge < -0.3 is 19.5 Å². The van der Waals surface area contributed by atoms with Gasteiger partial charge in [-0.1, -0.05) is 30.3 Å². The topological polar surface area (TPSA) is 43.0 Å². The van der Waals surface area contributed by atoms with Crippen LogP contribution in [0.1, 0.15) is 17.2 Å². The van der Waals surface area contributed by atoms with Crippen molar-refractivity contribution in [2.24, 2.45) is 0 Å². The minimum atomic E-state index is 0.0384. The van der Waals surface area contributed by atoms with Crippen molar-refractivity contribution < 1.29 is 14.2 Å². The molecule has 0 saturated carbocycles. The van der Waals surface area contributed by atoms with E-state index in [0.717, 1.165) is 60.3 Å². The SMILES string of the molecule is COc1ccc(OC)c(C(c2cccc(Oc3ccccc3)c2)N2CCNCC2)c1. The van der Waals surface area contributed by atoms with Gasteiger partial charge in [0.2, 0.25) is 0 Å². The van der Waals surface area contributed by atoms with E-state index in [0.29, 0.717) is 0 Å². The monoisotopic (exact) mass is 404 g/mol. The zero-order valence-electron chi connectivity index (χ0n) is 17.5. The second-order valence-electron chi connectivity index (χ2n) is 7.28. The third kappa shape index (κ3) is 4.58. The molecule has 1 N–H and O–H groups in total. The Bertz CT molecular complexity index is 956. The fourth-order valence-electron chi connectivity index (χ4n) is 3.95. The van der Waals surface area contributed by atoms with Gasteiger partial charge in [0.05, 0.1) is 20.3 Å². The molecule has 0 radical (unpaired) electrons. The number of rotatable bonds is 7. The van der Waals surface area contributed by atoms with Gasteiger partial charge in [0.25, 0.3) is 0 Å². The van der Waals surface area contributed by atoms with Crippen molar-refractivity contribution >= 4 is 0 Å². The Morgan fingerprint density at radius 2 is 1.53 bits per heavy atom. The summed E-state index contributed by atoms with van der Waals surface area (Å²) in [7, 11) is 3.41. The molecule has 0 amide bonds. The van der Waals surface area contributed by atoms with Gasteiger partial charge in [-0.3, -0.25) is 4.90 Å². The van der Waals surface area contributed by atoms with Gasteiger partial charge >= 0.3 is 0 Å².